The molecular formula is C18H21FN4O4S. The monoisotopic (exact) mass is 408 g/mol. The zero-order valence-corrected chi connectivity index (χ0v) is 16.2. The summed E-state index contributed by atoms with van der Waals surface area (Å²) in [6.45, 7) is 2.74. The first kappa shape index (κ1) is 20.2. The largest absolute Gasteiger partial charge is 0.363 e. The Morgan fingerprint density at radius 3 is 2.43 bits per heavy atom. The van der Waals surface area contributed by atoms with Crippen molar-refractivity contribution in [2.45, 2.75) is 11.4 Å². The van der Waals surface area contributed by atoms with E-state index >= 15 is 0 Å². The van der Waals surface area contributed by atoms with Gasteiger partial charge in [-0.2, -0.15) is 0 Å². The Labute approximate surface area is 162 Å². The maximum Gasteiger partial charge on any atom is 0.293 e. The van der Waals surface area contributed by atoms with Crippen LogP contribution < -0.4 is 9.62 Å². The van der Waals surface area contributed by atoms with E-state index in [1.807, 2.05) is 4.90 Å². The fourth-order valence-electron chi connectivity index (χ4n) is 3.22. The molecule has 1 aliphatic rings. The number of sulfonamides is 1. The molecule has 1 aliphatic heterocycles. The van der Waals surface area contributed by atoms with Gasteiger partial charge in [0, 0.05) is 44.4 Å². The summed E-state index contributed by atoms with van der Waals surface area (Å²) < 4.78 is 39.8. The van der Waals surface area contributed by atoms with Gasteiger partial charge in [0.1, 0.15) is 11.5 Å². The molecule has 1 fully saturated rings. The van der Waals surface area contributed by atoms with Crippen molar-refractivity contribution in [2.24, 2.45) is 0 Å². The van der Waals surface area contributed by atoms with E-state index in [9.17, 15) is 22.9 Å². The van der Waals surface area contributed by atoms with Crippen molar-refractivity contribution >= 4 is 21.4 Å². The Morgan fingerprint density at radius 2 is 1.82 bits per heavy atom. The normalized spacial score (nSPS) is 15.6. The van der Waals surface area contributed by atoms with Gasteiger partial charge in [-0.1, -0.05) is 18.2 Å². The topological polar surface area (TPSA) is 95.8 Å². The first-order valence-electron chi connectivity index (χ1n) is 8.74. The van der Waals surface area contributed by atoms with E-state index < -0.39 is 14.9 Å². The lowest BCUT2D eigenvalue weighted by Gasteiger charge is -2.35. The maximum absolute atomic E-state index is 13.8. The standard InChI is InChI=1S/C18H21FN4O4S/c1-20-28(26,27)15-6-7-17(18(12-15)23(24)25)22-10-8-21(9-11-22)13-14-4-2-3-5-16(14)19/h2-7,12,20H,8-11,13H2,1H3. The van der Waals surface area contributed by atoms with Gasteiger partial charge in [-0.05, 0) is 25.2 Å². The Balaban J connectivity index is 1.75. The number of piperazine rings is 1. The van der Waals surface area contributed by atoms with Gasteiger partial charge in [0.25, 0.3) is 5.69 Å². The predicted molar refractivity (Wildman–Crippen MR) is 103 cm³/mol. The zero-order chi connectivity index (χ0) is 20.3. The predicted octanol–water partition coefficient (Wildman–Crippen LogP) is 1.96. The third kappa shape index (κ3) is 4.29. The molecule has 0 unspecified atom stereocenters. The van der Waals surface area contributed by atoms with Crippen LogP contribution in [-0.4, -0.2) is 51.5 Å². The first-order chi connectivity index (χ1) is 13.3. The third-order valence-electron chi connectivity index (χ3n) is 4.79. The van der Waals surface area contributed by atoms with Crippen molar-refractivity contribution in [3.63, 3.8) is 0 Å². The number of hydrogen-bond donors (Lipinski definition) is 1. The molecule has 2 aromatic carbocycles. The van der Waals surface area contributed by atoms with E-state index in [1.54, 1.807) is 18.2 Å². The molecule has 0 aromatic heterocycles. The first-order valence-corrected chi connectivity index (χ1v) is 10.2. The summed E-state index contributed by atoms with van der Waals surface area (Å²) >= 11 is 0. The number of nitro groups is 1. The Kier molecular flexibility index (Phi) is 5.92. The highest BCUT2D eigenvalue weighted by Crippen LogP contribution is 2.31. The Bertz CT molecular complexity index is 975. The van der Waals surface area contributed by atoms with Crippen LogP contribution in [0.15, 0.2) is 47.4 Å². The number of halogens is 1. The molecule has 8 nitrogen and oxygen atoms in total. The van der Waals surface area contributed by atoms with E-state index in [1.165, 1.54) is 25.2 Å². The molecule has 0 atom stereocenters. The van der Waals surface area contributed by atoms with Crippen LogP contribution in [0.4, 0.5) is 15.8 Å². The van der Waals surface area contributed by atoms with Gasteiger partial charge in [-0.25, -0.2) is 17.5 Å². The van der Waals surface area contributed by atoms with Gasteiger partial charge >= 0.3 is 0 Å². The average Bonchev–Trinajstić information content (AvgIpc) is 2.70. The van der Waals surface area contributed by atoms with E-state index in [4.69, 9.17) is 0 Å². The minimum atomic E-state index is -3.77. The van der Waals surface area contributed by atoms with E-state index in [2.05, 4.69) is 9.62 Å². The highest BCUT2D eigenvalue weighted by Gasteiger charge is 2.26. The van der Waals surface area contributed by atoms with Gasteiger partial charge in [0.05, 0.1) is 9.82 Å². The second-order valence-electron chi connectivity index (χ2n) is 6.47. The number of hydrogen-bond acceptors (Lipinski definition) is 6. The van der Waals surface area contributed by atoms with Crippen LogP contribution in [0, 0.1) is 15.9 Å². The summed E-state index contributed by atoms with van der Waals surface area (Å²) in [4.78, 5) is 14.7. The number of nitrogens with one attached hydrogen (secondary N) is 1. The lowest BCUT2D eigenvalue weighted by molar-refractivity contribution is -0.384. The molecular weight excluding hydrogens is 387 g/mol. The van der Waals surface area contributed by atoms with Gasteiger partial charge < -0.3 is 4.90 Å². The van der Waals surface area contributed by atoms with E-state index in [-0.39, 0.29) is 16.4 Å². The lowest BCUT2D eigenvalue weighted by Crippen LogP contribution is -2.46. The smallest absolute Gasteiger partial charge is 0.293 e. The van der Waals surface area contributed by atoms with Crippen molar-refractivity contribution in [3.05, 3.63) is 64.0 Å². The summed E-state index contributed by atoms with van der Waals surface area (Å²) in [6, 6.07) is 10.5. The van der Waals surface area contributed by atoms with Crippen molar-refractivity contribution in [1.82, 2.24) is 9.62 Å². The van der Waals surface area contributed by atoms with Crippen LogP contribution in [0.2, 0.25) is 0 Å². The molecule has 28 heavy (non-hydrogen) atoms. The van der Waals surface area contributed by atoms with Crippen molar-refractivity contribution in [2.75, 3.05) is 38.1 Å². The third-order valence-corrected chi connectivity index (χ3v) is 6.20. The van der Waals surface area contributed by atoms with Crippen LogP contribution in [0.1, 0.15) is 5.56 Å². The second kappa shape index (κ2) is 8.21. The molecule has 0 bridgehead atoms. The van der Waals surface area contributed by atoms with Crippen molar-refractivity contribution in [1.29, 1.82) is 0 Å². The molecule has 1 saturated heterocycles. The maximum atomic E-state index is 13.8. The van der Waals surface area contributed by atoms with Crippen LogP contribution in [0.3, 0.4) is 0 Å². The van der Waals surface area contributed by atoms with E-state index in [0.717, 1.165) is 6.07 Å². The lowest BCUT2D eigenvalue weighted by atomic mass is 10.1. The minimum Gasteiger partial charge on any atom is -0.363 e. The molecule has 0 radical (unpaired) electrons. The summed E-state index contributed by atoms with van der Waals surface area (Å²) in [5.41, 5.74) is 0.744. The molecule has 0 amide bonds. The van der Waals surface area contributed by atoms with Crippen molar-refractivity contribution in [3.8, 4) is 0 Å². The molecule has 3 rings (SSSR count). The molecule has 0 saturated carbocycles. The van der Waals surface area contributed by atoms with Crippen LogP contribution in [0.5, 0.6) is 0 Å². The average molecular weight is 408 g/mol. The number of nitro benzene ring substituents is 1. The summed E-state index contributed by atoms with van der Waals surface area (Å²) in [7, 11) is -2.51. The summed E-state index contributed by atoms with van der Waals surface area (Å²) in [5.74, 6) is -0.248. The Morgan fingerprint density at radius 1 is 1.14 bits per heavy atom. The molecule has 1 N–H and O–H groups in total. The Hall–Kier alpha value is -2.56. The molecule has 2 aromatic rings. The van der Waals surface area contributed by atoms with Gasteiger partial charge in [0.2, 0.25) is 10.0 Å². The quantitative estimate of drug-likeness (QED) is 0.580. The minimum absolute atomic E-state index is 0.149. The number of nitrogens with zero attached hydrogens (tertiary/aromatic N) is 3. The molecule has 10 heteroatoms. The SMILES string of the molecule is CNS(=O)(=O)c1ccc(N2CCN(Cc3ccccc3F)CC2)c([N+](=O)[O-])c1. The van der Waals surface area contributed by atoms with Crippen molar-refractivity contribution < 1.29 is 17.7 Å². The highest BCUT2D eigenvalue weighted by molar-refractivity contribution is 7.89. The number of anilines is 1. The summed E-state index contributed by atoms with van der Waals surface area (Å²) in [6.07, 6.45) is 0. The molecule has 0 spiro atoms. The van der Waals surface area contributed by atoms with Gasteiger partial charge in [-0.3, -0.25) is 15.0 Å². The molecule has 1 heterocycles. The number of rotatable bonds is 6. The number of benzene rings is 2. The fraction of sp³-hybridized carbons (Fsp3) is 0.333. The van der Waals surface area contributed by atoms with Gasteiger partial charge in [-0.15, -0.1) is 0 Å². The van der Waals surface area contributed by atoms with Crippen LogP contribution in [-0.2, 0) is 16.6 Å². The highest BCUT2D eigenvalue weighted by atomic mass is 32.2. The second-order valence-corrected chi connectivity index (χ2v) is 8.36. The molecule has 0 aliphatic carbocycles. The zero-order valence-electron chi connectivity index (χ0n) is 15.3. The van der Waals surface area contributed by atoms with Crippen LogP contribution >= 0.6 is 0 Å². The van der Waals surface area contributed by atoms with E-state index in [0.29, 0.717) is 44.0 Å². The summed E-state index contributed by atoms with van der Waals surface area (Å²) in [5, 5.41) is 11.5. The van der Waals surface area contributed by atoms with Crippen LogP contribution in [0.25, 0.3) is 0 Å². The molecule has 150 valence electrons. The van der Waals surface area contributed by atoms with Gasteiger partial charge in [0.15, 0.2) is 0 Å². The fourth-order valence-corrected chi connectivity index (χ4v) is 3.97.